The maximum Gasteiger partial charge on any atom is 0.284 e. The molecule has 0 fully saturated rings. The molecule has 0 bridgehead atoms. The van der Waals surface area contributed by atoms with Gasteiger partial charge in [-0.15, -0.1) is 11.3 Å². The Morgan fingerprint density at radius 2 is 2.25 bits per heavy atom. The van der Waals surface area contributed by atoms with Crippen LogP contribution in [-0.2, 0) is 4.84 Å². The third-order valence-electron chi connectivity index (χ3n) is 1.58. The first-order valence-electron chi connectivity index (χ1n) is 3.55. The zero-order chi connectivity index (χ0) is 9.14. The number of rotatable bonds is 2. The quantitative estimate of drug-likeness (QED) is 0.711. The fourth-order valence-corrected chi connectivity index (χ4v) is 1.75. The molecule has 0 saturated carbocycles. The summed E-state index contributed by atoms with van der Waals surface area (Å²) in [6.45, 7) is 3.97. The first kappa shape index (κ1) is 9.22. The van der Waals surface area contributed by atoms with Crippen molar-refractivity contribution >= 4 is 17.2 Å². The Hall–Kier alpha value is -0.870. The largest absolute Gasteiger partial charge is 0.284 e. The van der Waals surface area contributed by atoms with Crippen molar-refractivity contribution in [1.29, 1.82) is 0 Å². The lowest BCUT2D eigenvalue weighted by molar-refractivity contribution is 0.0542. The molecule has 3 nitrogen and oxygen atoms in total. The van der Waals surface area contributed by atoms with Crippen LogP contribution in [0.2, 0.25) is 0 Å². The molecule has 0 atom stereocenters. The number of hydrogen-bond donors (Lipinski definition) is 1. The second-order valence-corrected chi connectivity index (χ2v) is 3.74. The van der Waals surface area contributed by atoms with E-state index in [-0.39, 0.29) is 5.91 Å². The lowest BCUT2D eigenvalue weighted by Gasteiger charge is -1.96. The van der Waals surface area contributed by atoms with E-state index in [0.29, 0.717) is 4.88 Å². The van der Waals surface area contributed by atoms with Gasteiger partial charge in [-0.05, 0) is 25.5 Å². The Balaban J connectivity index is 2.82. The molecule has 0 aliphatic carbocycles. The number of carbonyl (C=O) groups is 1. The van der Waals surface area contributed by atoms with Crippen molar-refractivity contribution in [3.63, 3.8) is 0 Å². The second-order valence-electron chi connectivity index (χ2n) is 2.49. The highest BCUT2D eigenvalue weighted by atomic mass is 32.1. The molecule has 12 heavy (non-hydrogen) atoms. The Kier molecular flexibility index (Phi) is 2.83. The molecule has 0 aromatic carbocycles. The molecule has 1 N–H and O–H groups in total. The minimum Gasteiger partial charge on any atom is -0.277 e. The van der Waals surface area contributed by atoms with Crippen molar-refractivity contribution in [3.8, 4) is 0 Å². The van der Waals surface area contributed by atoms with Crippen LogP contribution < -0.4 is 5.48 Å². The first-order chi connectivity index (χ1) is 5.65. The zero-order valence-corrected chi connectivity index (χ0v) is 8.12. The predicted octanol–water partition coefficient (Wildman–Crippen LogP) is 1.66. The van der Waals surface area contributed by atoms with E-state index in [4.69, 9.17) is 0 Å². The smallest absolute Gasteiger partial charge is 0.277 e. The summed E-state index contributed by atoms with van der Waals surface area (Å²) in [6, 6.07) is 1.86. The lowest BCUT2D eigenvalue weighted by atomic mass is 10.3. The monoisotopic (exact) mass is 185 g/mol. The van der Waals surface area contributed by atoms with Crippen LogP contribution in [0.3, 0.4) is 0 Å². The number of aryl methyl sites for hydroxylation is 2. The summed E-state index contributed by atoms with van der Waals surface area (Å²) in [4.78, 5) is 17.5. The van der Waals surface area contributed by atoms with E-state index in [1.807, 2.05) is 19.9 Å². The lowest BCUT2D eigenvalue weighted by Crippen LogP contribution is -2.20. The van der Waals surface area contributed by atoms with Crippen molar-refractivity contribution < 1.29 is 9.63 Å². The summed E-state index contributed by atoms with van der Waals surface area (Å²) in [7, 11) is 1.42. The van der Waals surface area contributed by atoms with E-state index in [1.54, 1.807) is 0 Å². The average molecular weight is 185 g/mol. The number of nitrogens with one attached hydrogen (secondary N) is 1. The minimum atomic E-state index is -0.182. The highest BCUT2D eigenvalue weighted by Gasteiger charge is 2.08. The Labute approximate surface area is 75.3 Å². The third kappa shape index (κ3) is 1.84. The summed E-state index contributed by atoms with van der Waals surface area (Å²) in [5.41, 5.74) is 3.41. The van der Waals surface area contributed by atoms with Crippen molar-refractivity contribution in [2.75, 3.05) is 7.11 Å². The zero-order valence-electron chi connectivity index (χ0n) is 7.30. The van der Waals surface area contributed by atoms with Crippen molar-refractivity contribution in [3.05, 3.63) is 21.4 Å². The Morgan fingerprint density at radius 3 is 2.67 bits per heavy atom. The standard InChI is InChI=1S/C8H11NO2S/c1-5-4-7(12-6(5)2)8(10)9-11-3/h4H,1-3H3,(H,9,10). The van der Waals surface area contributed by atoms with Gasteiger partial charge in [0.05, 0.1) is 12.0 Å². The molecule has 1 amide bonds. The van der Waals surface area contributed by atoms with Crippen LogP contribution in [0.1, 0.15) is 20.1 Å². The molecule has 1 heterocycles. The number of hydroxylamine groups is 1. The first-order valence-corrected chi connectivity index (χ1v) is 4.37. The summed E-state index contributed by atoms with van der Waals surface area (Å²) in [5.74, 6) is -0.182. The maximum atomic E-state index is 11.2. The summed E-state index contributed by atoms with van der Waals surface area (Å²) >= 11 is 1.47. The maximum absolute atomic E-state index is 11.2. The SMILES string of the molecule is CONC(=O)c1cc(C)c(C)s1. The van der Waals surface area contributed by atoms with Gasteiger partial charge in [-0.3, -0.25) is 9.63 Å². The highest BCUT2D eigenvalue weighted by Crippen LogP contribution is 2.20. The fraction of sp³-hybridized carbons (Fsp3) is 0.375. The van der Waals surface area contributed by atoms with Crippen LogP contribution in [-0.4, -0.2) is 13.0 Å². The summed E-state index contributed by atoms with van der Waals surface area (Å²) in [6.07, 6.45) is 0. The van der Waals surface area contributed by atoms with Gasteiger partial charge >= 0.3 is 0 Å². The normalized spacial score (nSPS) is 9.92. The molecule has 0 saturated heterocycles. The number of hydrogen-bond acceptors (Lipinski definition) is 3. The molecular weight excluding hydrogens is 174 g/mol. The molecule has 0 aliphatic rings. The molecule has 0 radical (unpaired) electrons. The molecule has 1 aromatic rings. The van der Waals surface area contributed by atoms with Crippen LogP contribution >= 0.6 is 11.3 Å². The number of amides is 1. The van der Waals surface area contributed by atoms with Crippen LogP contribution in [0, 0.1) is 13.8 Å². The molecular formula is C8H11NO2S. The fourth-order valence-electron chi connectivity index (χ4n) is 0.828. The predicted molar refractivity (Wildman–Crippen MR) is 48.3 cm³/mol. The van der Waals surface area contributed by atoms with Gasteiger partial charge in [0.2, 0.25) is 0 Å². The van der Waals surface area contributed by atoms with Gasteiger partial charge in [-0.1, -0.05) is 0 Å². The molecule has 66 valence electrons. The topological polar surface area (TPSA) is 38.3 Å². The number of thiophene rings is 1. The van der Waals surface area contributed by atoms with E-state index in [2.05, 4.69) is 10.3 Å². The van der Waals surface area contributed by atoms with Gasteiger partial charge in [-0.25, -0.2) is 5.48 Å². The minimum absolute atomic E-state index is 0.182. The van der Waals surface area contributed by atoms with Gasteiger partial charge < -0.3 is 0 Å². The Morgan fingerprint density at radius 1 is 1.58 bits per heavy atom. The van der Waals surface area contributed by atoms with Crippen molar-refractivity contribution in [2.24, 2.45) is 0 Å². The van der Waals surface area contributed by atoms with Crippen molar-refractivity contribution in [2.45, 2.75) is 13.8 Å². The van der Waals surface area contributed by atoms with Crippen LogP contribution in [0.25, 0.3) is 0 Å². The van der Waals surface area contributed by atoms with Gasteiger partial charge in [0.1, 0.15) is 0 Å². The van der Waals surface area contributed by atoms with Crippen LogP contribution in [0.4, 0.5) is 0 Å². The van der Waals surface area contributed by atoms with Gasteiger partial charge in [-0.2, -0.15) is 0 Å². The molecule has 1 aromatic heterocycles. The van der Waals surface area contributed by atoms with Gasteiger partial charge in [0.25, 0.3) is 5.91 Å². The second kappa shape index (κ2) is 3.69. The van der Waals surface area contributed by atoms with E-state index < -0.39 is 0 Å². The van der Waals surface area contributed by atoms with E-state index in [1.165, 1.54) is 18.4 Å². The molecule has 0 spiro atoms. The average Bonchev–Trinajstić information content (AvgIpc) is 2.33. The van der Waals surface area contributed by atoms with E-state index >= 15 is 0 Å². The van der Waals surface area contributed by atoms with Crippen LogP contribution in [0.15, 0.2) is 6.07 Å². The van der Waals surface area contributed by atoms with E-state index in [9.17, 15) is 4.79 Å². The van der Waals surface area contributed by atoms with Gasteiger partial charge in [0, 0.05) is 4.88 Å². The Bertz CT molecular complexity index is 274. The third-order valence-corrected chi connectivity index (χ3v) is 2.74. The molecule has 1 rings (SSSR count). The molecule has 0 unspecified atom stereocenters. The van der Waals surface area contributed by atoms with E-state index in [0.717, 1.165) is 10.4 Å². The molecule has 0 aliphatic heterocycles. The molecule has 4 heteroatoms. The van der Waals surface area contributed by atoms with Crippen molar-refractivity contribution in [1.82, 2.24) is 5.48 Å². The highest BCUT2D eigenvalue weighted by molar-refractivity contribution is 7.14. The summed E-state index contributed by atoms with van der Waals surface area (Å²) in [5, 5.41) is 0. The summed E-state index contributed by atoms with van der Waals surface area (Å²) < 4.78 is 0. The van der Waals surface area contributed by atoms with Gasteiger partial charge in [0.15, 0.2) is 0 Å². The number of carbonyl (C=O) groups excluding carboxylic acids is 1. The van der Waals surface area contributed by atoms with Crippen LogP contribution in [0.5, 0.6) is 0 Å².